The van der Waals surface area contributed by atoms with Gasteiger partial charge in [0.05, 0.1) is 6.04 Å². The number of rotatable bonds is 3. The van der Waals surface area contributed by atoms with Crippen LogP contribution in [0.4, 0.5) is 0 Å². The Morgan fingerprint density at radius 3 is 2.68 bits per heavy atom. The van der Waals surface area contributed by atoms with Crippen molar-refractivity contribution in [1.82, 2.24) is 4.90 Å². The minimum absolute atomic E-state index is 0.101. The molecule has 1 atom stereocenters. The lowest BCUT2D eigenvalue weighted by atomic mass is 10.1. The lowest BCUT2D eigenvalue weighted by molar-refractivity contribution is -0.134. The minimum Gasteiger partial charge on any atom is -0.478 e. The van der Waals surface area contributed by atoms with Gasteiger partial charge in [0, 0.05) is 22.6 Å². The normalized spacial score (nSPS) is 20.3. The van der Waals surface area contributed by atoms with Crippen molar-refractivity contribution in [3.63, 3.8) is 0 Å². The van der Waals surface area contributed by atoms with Crippen LogP contribution in [-0.2, 0) is 9.59 Å². The first-order valence-electron chi connectivity index (χ1n) is 6.27. The van der Waals surface area contributed by atoms with E-state index in [9.17, 15) is 9.59 Å². The second-order valence-electron chi connectivity index (χ2n) is 4.73. The van der Waals surface area contributed by atoms with Gasteiger partial charge in [0.2, 0.25) is 0 Å². The largest absolute Gasteiger partial charge is 0.478 e. The van der Waals surface area contributed by atoms with Crippen molar-refractivity contribution in [2.24, 2.45) is 0 Å². The molecule has 5 heteroatoms. The maximum Gasteiger partial charge on any atom is 0.331 e. The van der Waals surface area contributed by atoms with Crippen molar-refractivity contribution in [3.8, 4) is 0 Å². The molecule has 102 valence electrons. The van der Waals surface area contributed by atoms with Gasteiger partial charge in [-0.05, 0) is 38.1 Å². The predicted molar refractivity (Wildman–Crippen MR) is 74.0 cm³/mol. The Morgan fingerprint density at radius 1 is 1.37 bits per heavy atom. The molecule has 1 aliphatic heterocycles. The molecule has 1 aromatic heterocycles. The van der Waals surface area contributed by atoms with Crippen molar-refractivity contribution < 1.29 is 14.7 Å². The number of carbonyl (C=O) groups is 2. The third kappa shape index (κ3) is 2.71. The first-order chi connectivity index (χ1) is 9.02. The number of thiophene rings is 1. The van der Waals surface area contributed by atoms with E-state index in [1.807, 2.05) is 17.5 Å². The number of hydrogen-bond donors (Lipinski definition) is 1. The van der Waals surface area contributed by atoms with Gasteiger partial charge in [0.15, 0.2) is 0 Å². The Labute approximate surface area is 116 Å². The molecule has 0 spiro atoms. The highest BCUT2D eigenvalue weighted by Gasteiger charge is 2.32. The van der Waals surface area contributed by atoms with Crippen LogP contribution in [0.1, 0.15) is 37.6 Å². The van der Waals surface area contributed by atoms with Crippen LogP contribution in [0.2, 0.25) is 0 Å². The molecule has 19 heavy (non-hydrogen) atoms. The van der Waals surface area contributed by atoms with Gasteiger partial charge in [0.25, 0.3) is 5.91 Å². The molecule has 1 amide bonds. The average molecular weight is 279 g/mol. The zero-order valence-electron chi connectivity index (χ0n) is 11.0. The summed E-state index contributed by atoms with van der Waals surface area (Å²) in [7, 11) is 0. The summed E-state index contributed by atoms with van der Waals surface area (Å²) in [6.07, 6.45) is 1.92. The number of carbonyl (C=O) groups excluding carboxylic acids is 1. The Bertz CT molecular complexity index is 519. The summed E-state index contributed by atoms with van der Waals surface area (Å²) in [6, 6.07) is 4.11. The van der Waals surface area contributed by atoms with Gasteiger partial charge in [-0.3, -0.25) is 4.79 Å². The van der Waals surface area contributed by atoms with Gasteiger partial charge in [-0.1, -0.05) is 6.07 Å². The highest BCUT2D eigenvalue weighted by molar-refractivity contribution is 7.10. The topological polar surface area (TPSA) is 57.6 Å². The average Bonchev–Trinajstić information content (AvgIpc) is 3.05. The standard InChI is InChI=1S/C14H17NO3S/c1-9(10(2)14(17)18)13(16)15-7-3-5-11(15)12-6-4-8-19-12/h4,6,8,11H,3,5,7H2,1-2H3,(H,17,18). The van der Waals surface area contributed by atoms with Crippen molar-refractivity contribution in [2.75, 3.05) is 6.54 Å². The lowest BCUT2D eigenvalue weighted by Crippen LogP contribution is -2.31. The van der Waals surface area contributed by atoms with E-state index in [-0.39, 0.29) is 17.5 Å². The number of amides is 1. The van der Waals surface area contributed by atoms with Crippen LogP contribution in [0.5, 0.6) is 0 Å². The van der Waals surface area contributed by atoms with Crippen molar-refractivity contribution >= 4 is 23.2 Å². The zero-order chi connectivity index (χ0) is 14.0. The van der Waals surface area contributed by atoms with E-state index in [0.717, 1.165) is 12.8 Å². The molecule has 4 nitrogen and oxygen atoms in total. The highest BCUT2D eigenvalue weighted by atomic mass is 32.1. The minimum atomic E-state index is -1.03. The SMILES string of the molecule is CC(C(=O)O)=C(C)C(=O)N1CCCC1c1cccs1. The number of hydrogen-bond acceptors (Lipinski definition) is 3. The van der Waals surface area contributed by atoms with Crippen LogP contribution in [0.15, 0.2) is 28.7 Å². The van der Waals surface area contributed by atoms with E-state index in [1.165, 1.54) is 11.8 Å². The van der Waals surface area contributed by atoms with Gasteiger partial charge in [0.1, 0.15) is 0 Å². The predicted octanol–water partition coefficient (Wildman–Crippen LogP) is 2.83. The third-order valence-corrected chi connectivity index (χ3v) is 4.56. The molecular weight excluding hydrogens is 262 g/mol. The van der Waals surface area contributed by atoms with Gasteiger partial charge in [-0.2, -0.15) is 0 Å². The first-order valence-corrected chi connectivity index (χ1v) is 7.15. The van der Waals surface area contributed by atoms with Crippen LogP contribution < -0.4 is 0 Å². The Balaban J connectivity index is 2.24. The molecule has 1 saturated heterocycles. The summed E-state index contributed by atoms with van der Waals surface area (Å²) < 4.78 is 0. The molecule has 1 aromatic rings. The number of likely N-dealkylation sites (tertiary alicyclic amines) is 1. The molecule has 0 aromatic carbocycles. The van der Waals surface area contributed by atoms with E-state index in [4.69, 9.17) is 5.11 Å². The van der Waals surface area contributed by atoms with Crippen LogP contribution in [0.3, 0.4) is 0 Å². The van der Waals surface area contributed by atoms with Crippen molar-refractivity contribution in [2.45, 2.75) is 32.7 Å². The zero-order valence-corrected chi connectivity index (χ0v) is 11.9. The molecule has 0 radical (unpaired) electrons. The van der Waals surface area contributed by atoms with Crippen LogP contribution in [-0.4, -0.2) is 28.4 Å². The number of carboxylic acid groups (broad SMARTS) is 1. The van der Waals surface area contributed by atoms with E-state index < -0.39 is 5.97 Å². The molecule has 1 unspecified atom stereocenters. The third-order valence-electron chi connectivity index (χ3n) is 3.59. The molecule has 0 bridgehead atoms. The summed E-state index contributed by atoms with van der Waals surface area (Å²) in [5.74, 6) is -1.19. The fourth-order valence-corrected chi connectivity index (χ4v) is 3.20. The fraction of sp³-hybridized carbons (Fsp3) is 0.429. The molecular formula is C14H17NO3S. The summed E-state index contributed by atoms with van der Waals surface area (Å²) in [5, 5.41) is 11.0. The molecule has 0 saturated carbocycles. The van der Waals surface area contributed by atoms with E-state index >= 15 is 0 Å². The van der Waals surface area contributed by atoms with Gasteiger partial charge < -0.3 is 10.0 Å². The van der Waals surface area contributed by atoms with Gasteiger partial charge in [-0.15, -0.1) is 11.3 Å². The van der Waals surface area contributed by atoms with Crippen molar-refractivity contribution in [1.29, 1.82) is 0 Å². The van der Waals surface area contributed by atoms with Crippen LogP contribution in [0, 0.1) is 0 Å². The maximum absolute atomic E-state index is 12.4. The molecule has 1 aliphatic rings. The van der Waals surface area contributed by atoms with E-state index in [1.54, 1.807) is 23.2 Å². The number of carboxylic acids is 1. The smallest absolute Gasteiger partial charge is 0.331 e. The summed E-state index contributed by atoms with van der Waals surface area (Å²) in [6.45, 7) is 3.77. The number of nitrogens with zero attached hydrogens (tertiary/aromatic N) is 1. The molecule has 0 aliphatic carbocycles. The van der Waals surface area contributed by atoms with Crippen LogP contribution in [0.25, 0.3) is 0 Å². The Morgan fingerprint density at radius 2 is 2.11 bits per heavy atom. The van der Waals surface area contributed by atoms with Gasteiger partial charge >= 0.3 is 5.97 Å². The Hall–Kier alpha value is -1.62. The molecule has 1 N–H and O–H groups in total. The molecule has 1 fully saturated rings. The first kappa shape index (κ1) is 13.8. The lowest BCUT2D eigenvalue weighted by Gasteiger charge is -2.24. The second-order valence-corrected chi connectivity index (χ2v) is 5.71. The van der Waals surface area contributed by atoms with E-state index in [2.05, 4.69) is 0 Å². The van der Waals surface area contributed by atoms with Gasteiger partial charge in [-0.25, -0.2) is 4.79 Å². The quantitative estimate of drug-likeness (QED) is 0.866. The Kier molecular flexibility index (Phi) is 4.04. The summed E-state index contributed by atoms with van der Waals surface area (Å²) in [5.41, 5.74) is 0.456. The maximum atomic E-state index is 12.4. The van der Waals surface area contributed by atoms with Crippen LogP contribution >= 0.6 is 11.3 Å². The fourth-order valence-electron chi connectivity index (χ4n) is 2.32. The molecule has 2 heterocycles. The second kappa shape index (κ2) is 5.57. The number of aliphatic carboxylic acids is 1. The van der Waals surface area contributed by atoms with Crippen molar-refractivity contribution in [3.05, 3.63) is 33.5 Å². The summed E-state index contributed by atoms with van der Waals surface area (Å²) in [4.78, 5) is 26.3. The summed E-state index contributed by atoms with van der Waals surface area (Å²) >= 11 is 1.64. The molecule has 2 rings (SSSR count). The monoisotopic (exact) mass is 279 g/mol. The highest BCUT2D eigenvalue weighted by Crippen LogP contribution is 2.35. The van der Waals surface area contributed by atoms with E-state index in [0.29, 0.717) is 12.1 Å².